The summed E-state index contributed by atoms with van der Waals surface area (Å²) in [5.41, 5.74) is 9.36. The summed E-state index contributed by atoms with van der Waals surface area (Å²) < 4.78 is 0. The second kappa shape index (κ2) is 4.09. The van der Waals surface area contributed by atoms with Gasteiger partial charge in [-0.1, -0.05) is 24.3 Å². The molecule has 0 atom stereocenters. The Balaban J connectivity index is 1.74. The van der Waals surface area contributed by atoms with Gasteiger partial charge in [0.1, 0.15) is 5.82 Å². The lowest BCUT2D eigenvalue weighted by atomic mass is 10.1. The summed E-state index contributed by atoms with van der Waals surface area (Å²) in [5, 5.41) is 3.44. The minimum absolute atomic E-state index is 0.432. The number of pyridine rings is 1. The number of hydrogen-bond acceptors (Lipinski definition) is 3. The molecule has 1 heterocycles. The van der Waals surface area contributed by atoms with Crippen LogP contribution in [0.3, 0.4) is 0 Å². The maximum absolute atomic E-state index is 5.74. The molecule has 0 aliphatic heterocycles. The van der Waals surface area contributed by atoms with Crippen LogP contribution in [0.25, 0.3) is 0 Å². The van der Waals surface area contributed by atoms with Crippen LogP contribution >= 0.6 is 0 Å². The number of benzene rings is 1. The van der Waals surface area contributed by atoms with Crippen molar-refractivity contribution in [1.29, 1.82) is 0 Å². The van der Waals surface area contributed by atoms with Crippen molar-refractivity contribution in [3.8, 4) is 0 Å². The van der Waals surface area contributed by atoms with Crippen molar-refractivity contribution in [2.24, 2.45) is 0 Å². The molecular formula is C14H15N3. The summed E-state index contributed by atoms with van der Waals surface area (Å²) in [6.45, 7) is 0. The highest BCUT2D eigenvalue weighted by molar-refractivity contribution is 5.50. The summed E-state index contributed by atoms with van der Waals surface area (Å²) in [7, 11) is 0. The molecule has 3 heteroatoms. The van der Waals surface area contributed by atoms with Gasteiger partial charge in [0, 0.05) is 24.0 Å². The summed E-state index contributed by atoms with van der Waals surface area (Å²) in [5.74, 6) is 0.864. The van der Waals surface area contributed by atoms with E-state index < -0.39 is 0 Å². The van der Waals surface area contributed by atoms with Gasteiger partial charge in [0.15, 0.2) is 0 Å². The fourth-order valence-electron chi connectivity index (χ4n) is 2.40. The van der Waals surface area contributed by atoms with Crippen LogP contribution in [-0.4, -0.2) is 11.0 Å². The summed E-state index contributed by atoms with van der Waals surface area (Å²) in [4.78, 5) is 4.27. The molecule has 1 aliphatic rings. The second-order valence-corrected chi connectivity index (χ2v) is 4.49. The zero-order valence-electron chi connectivity index (χ0n) is 9.56. The van der Waals surface area contributed by atoms with E-state index in [1.807, 2.05) is 6.07 Å². The molecule has 0 fully saturated rings. The zero-order chi connectivity index (χ0) is 11.7. The molecule has 0 unspecified atom stereocenters. The Labute approximate surface area is 101 Å². The highest BCUT2D eigenvalue weighted by Crippen LogP contribution is 2.24. The number of fused-ring (bicyclic) bond motifs is 1. The van der Waals surface area contributed by atoms with Gasteiger partial charge in [-0.2, -0.15) is 0 Å². The molecule has 3 rings (SSSR count). The minimum Gasteiger partial charge on any atom is -0.399 e. The average Bonchev–Trinajstić information content (AvgIpc) is 2.71. The molecular weight excluding hydrogens is 210 g/mol. The van der Waals surface area contributed by atoms with Gasteiger partial charge in [0.2, 0.25) is 0 Å². The van der Waals surface area contributed by atoms with E-state index >= 15 is 0 Å². The first-order valence-electron chi connectivity index (χ1n) is 5.86. The number of rotatable bonds is 2. The molecule has 0 radical (unpaired) electrons. The van der Waals surface area contributed by atoms with Gasteiger partial charge in [-0.25, -0.2) is 4.98 Å². The molecule has 0 saturated carbocycles. The lowest BCUT2D eigenvalue weighted by Gasteiger charge is -2.12. The van der Waals surface area contributed by atoms with E-state index in [1.165, 1.54) is 11.1 Å². The number of nitrogens with zero attached hydrogens (tertiary/aromatic N) is 1. The molecule has 1 aliphatic carbocycles. The second-order valence-electron chi connectivity index (χ2n) is 4.49. The molecule has 86 valence electrons. The van der Waals surface area contributed by atoms with Crippen molar-refractivity contribution in [3.63, 3.8) is 0 Å². The molecule has 0 saturated heterocycles. The maximum Gasteiger partial charge on any atom is 0.128 e. The largest absolute Gasteiger partial charge is 0.399 e. The molecule has 1 aromatic carbocycles. The van der Waals surface area contributed by atoms with Crippen LogP contribution in [0.4, 0.5) is 11.5 Å². The Morgan fingerprint density at radius 1 is 1.12 bits per heavy atom. The highest BCUT2D eigenvalue weighted by atomic mass is 15.0. The number of aromatic nitrogens is 1. The third-order valence-corrected chi connectivity index (χ3v) is 3.19. The number of nitrogens with one attached hydrogen (secondary N) is 1. The fourth-order valence-corrected chi connectivity index (χ4v) is 2.40. The fraction of sp³-hybridized carbons (Fsp3) is 0.214. The summed E-state index contributed by atoms with van der Waals surface area (Å²) in [6, 6.07) is 12.7. The first-order valence-corrected chi connectivity index (χ1v) is 5.86. The Bertz CT molecular complexity index is 511. The van der Waals surface area contributed by atoms with Crippen molar-refractivity contribution < 1.29 is 0 Å². The molecule has 1 aromatic heterocycles. The van der Waals surface area contributed by atoms with E-state index in [1.54, 1.807) is 12.3 Å². The number of nitrogens with two attached hydrogens (primary N) is 1. The summed E-state index contributed by atoms with van der Waals surface area (Å²) >= 11 is 0. The average molecular weight is 225 g/mol. The topological polar surface area (TPSA) is 50.9 Å². The lowest BCUT2D eigenvalue weighted by Crippen LogP contribution is -2.20. The van der Waals surface area contributed by atoms with Gasteiger partial charge in [-0.15, -0.1) is 0 Å². The molecule has 0 bridgehead atoms. The maximum atomic E-state index is 5.74. The van der Waals surface area contributed by atoms with E-state index in [9.17, 15) is 0 Å². The Morgan fingerprint density at radius 2 is 1.82 bits per heavy atom. The van der Waals surface area contributed by atoms with Crippen LogP contribution < -0.4 is 11.1 Å². The Morgan fingerprint density at radius 3 is 2.47 bits per heavy atom. The molecule has 0 spiro atoms. The quantitative estimate of drug-likeness (QED) is 0.824. The van der Waals surface area contributed by atoms with E-state index in [0.717, 1.165) is 24.3 Å². The van der Waals surface area contributed by atoms with Crippen molar-refractivity contribution in [3.05, 3.63) is 53.7 Å². The molecule has 3 N–H and O–H groups in total. The predicted octanol–water partition coefficient (Wildman–Crippen LogP) is 2.24. The van der Waals surface area contributed by atoms with E-state index in [2.05, 4.69) is 34.6 Å². The van der Waals surface area contributed by atoms with Gasteiger partial charge < -0.3 is 11.1 Å². The number of hydrogen-bond donors (Lipinski definition) is 2. The molecule has 2 aromatic rings. The third kappa shape index (κ3) is 2.09. The zero-order valence-corrected chi connectivity index (χ0v) is 9.56. The predicted molar refractivity (Wildman–Crippen MR) is 69.9 cm³/mol. The first kappa shape index (κ1) is 10.1. The first-order chi connectivity index (χ1) is 8.31. The third-order valence-electron chi connectivity index (χ3n) is 3.19. The number of anilines is 2. The highest BCUT2D eigenvalue weighted by Gasteiger charge is 2.20. The van der Waals surface area contributed by atoms with Crippen LogP contribution in [-0.2, 0) is 12.8 Å². The van der Waals surface area contributed by atoms with Crippen LogP contribution in [0.15, 0.2) is 42.6 Å². The van der Waals surface area contributed by atoms with E-state index in [0.29, 0.717) is 6.04 Å². The van der Waals surface area contributed by atoms with Crippen LogP contribution in [0.5, 0.6) is 0 Å². The normalized spacial score (nSPS) is 14.6. The van der Waals surface area contributed by atoms with Gasteiger partial charge in [0.05, 0.1) is 0 Å². The monoisotopic (exact) mass is 225 g/mol. The van der Waals surface area contributed by atoms with E-state index in [4.69, 9.17) is 5.73 Å². The smallest absolute Gasteiger partial charge is 0.128 e. The van der Waals surface area contributed by atoms with E-state index in [-0.39, 0.29) is 0 Å². The SMILES string of the molecule is Nc1ccnc(NC2Cc3ccccc3C2)c1. The van der Waals surface area contributed by atoms with Gasteiger partial charge in [0.25, 0.3) is 0 Å². The number of nitrogen functional groups attached to an aromatic ring is 1. The minimum atomic E-state index is 0.432. The standard InChI is InChI=1S/C14H15N3/c15-12-5-6-16-14(9-12)17-13-7-10-3-1-2-4-11(10)8-13/h1-6,9,13H,7-8H2,(H3,15,16,17). The van der Waals surface area contributed by atoms with Crippen molar-refractivity contribution in [2.75, 3.05) is 11.1 Å². The molecule has 17 heavy (non-hydrogen) atoms. The Kier molecular flexibility index (Phi) is 2.44. The van der Waals surface area contributed by atoms with Crippen molar-refractivity contribution in [2.45, 2.75) is 18.9 Å². The molecule has 0 amide bonds. The lowest BCUT2D eigenvalue weighted by molar-refractivity contribution is 0.769. The van der Waals surface area contributed by atoms with Gasteiger partial charge >= 0.3 is 0 Å². The van der Waals surface area contributed by atoms with Crippen molar-refractivity contribution in [1.82, 2.24) is 4.98 Å². The Hall–Kier alpha value is -2.03. The summed E-state index contributed by atoms with van der Waals surface area (Å²) in [6.07, 6.45) is 3.86. The van der Waals surface area contributed by atoms with Crippen LogP contribution in [0, 0.1) is 0 Å². The van der Waals surface area contributed by atoms with Gasteiger partial charge in [-0.05, 0) is 30.0 Å². The van der Waals surface area contributed by atoms with Gasteiger partial charge in [-0.3, -0.25) is 0 Å². The van der Waals surface area contributed by atoms with Crippen LogP contribution in [0.2, 0.25) is 0 Å². The molecule has 3 nitrogen and oxygen atoms in total. The van der Waals surface area contributed by atoms with Crippen molar-refractivity contribution >= 4 is 11.5 Å². The van der Waals surface area contributed by atoms with Crippen LogP contribution in [0.1, 0.15) is 11.1 Å².